The van der Waals surface area contributed by atoms with Gasteiger partial charge in [0.15, 0.2) is 11.5 Å². The zero-order chi connectivity index (χ0) is 31.0. The molecule has 2 aliphatic rings. The third kappa shape index (κ3) is 5.41. The minimum absolute atomic E-state index is 0.0303. The Labute approximate surface area is 257 Å². The molecule has 13 heteroatoms. The van der Waals surface area contributed by atoms with Gasteiger partial charge >= 0.3 is 5.97 Å². The first-order valence-corrected chi connectivity index (χ1v) is 14.6. The number of hydrogen-bond donors (Lipinski definition) is 2. The first-order chi connectivity index (χ1) is 21.2. The molecule has 2 N–H and O–H groups in total. The van der Waals surface area contributed by atoms with E-state index in [4.69, 9.17) is 11.6 Å². The van der Waals surface area contributed by atoms with Crippen molar-refractivity contribution in [2.75, 3.05) is 6.54 Å². The fourth-order valence-corrected chi connectivity index (χ4v) is 6.24. The molecule has 1 aliphatic heterocycles. The number of fused-ring (bicyclic) bond motifs is 1. The van der Waals surface area contributed by atoms with Crippen molar-refractivity contribution in [3.63, 3.8) is 0 Å². The highest BCUT2D eigenvalue weighted by Gasteiger charge is 2.41. The monoisotopic (exact) mass is 617 g/mol. The number of carbonyl (C=O) groups excluding carboxylic acids is 2. The van der Waals surface area contributed by atoms with Gasteiger partial charge in [-0.2, -0.15) is 0 Å². The molecule has 1 fully saturated rings. The van der Waals surface area contributed by atoms with Crippen molar-refractivity contribution < 1.29 is 23.9 Å². The quantitative estimate of drug-likeness (QED) is 0.324. The van der Waals surface area contributed by atoms with Gasteiger partial charge in [-0.3, -0.25) is 14.4 Å². The Kier molecular flexibility index (Phi) is 7.85. The van der Waals surface area contributed by atoms with Gasteiger partial charge < -0.3 is 15.3 Å². The van der Waals surface area contributed by atoms with Gasteiger partial charge in [0.05, 0.1) is 16.6 Å². The Morgan fingerprint density at radius 2 is 1.82 bits per heavy atom. The molecule has 6 rings (SSSR count). The third-order valence-corrected chi connectivity index (χ3v) is 8.94. The second-order valence-electron chi connectivity index (χ2n) is 11.4. The standard InChI is InChI=1S/C31H29ClFN7O4/c1-31(30(43)44)11-8-19(9-12-31)36-28(41)27-22-5-2-4-20(18-14-34-17-35-15-18)21(22)10-13-39(27)29(42)24-16-40(38-37-24)25-7-3-6-23(32)26(25)33/h2-7,14-17,19,27H,8-13H2,1H3,(H,36,41)(H,43,44). The molecule has 11 nitrogen and oxygen atoms in total. The van der Waals surface area contributed by atoms with Gasteiger partial charge in [0.25, 0.3) is 5.91 Å². The van der Waals surface area contributed by atoms with E-state index in [-0.39, 0.29) is 34.9 Å². The van der Waals surface area contributed by atoms with Crippen LogP contribution >= 0.6 is 11.6 Å². The Balaban J connectivity index is 1.33. The molecule has 44 heavy (non-hydrogen) atoms. The number of halogens is 2. The average molecular weight is 618 g/mol. The SMILES string of the molecule is CC1(C(=O)O)CCC(NC(=O)C2c3cccc(-c4cncnc4)c3CCN2C(=O)c2cn(-c3cccc(Cl)c3F)nn2)CC1. The van der Waals surface area contributed by atoms with Gasteiger partial charge in [0.1, 0.15) is 18.1 Å². The topological polar surface area (TPSA) is 143 Å². The second-order valence-corrected chi connectivity index (χ2v) is 11.8. The van der Waals surface area contributed by atoms with E-state index >= 15 is 0 Å². The number of nitrogens with one attached hydrogen (secondary N) is 1. The Morgan fingerprint density at radius 3 is 2.55 bits per heavy atom. The Hall–Kier alpha value is -4.71. The van der Waals surface area contributed by atoms with Crippen LogP contribution in [0.5, 0.6) is 0 Å². The highest BCUT2D eigenvalue weighted by molar-refractivity contribution is 6.30. The van der Waals surface area contributed by atoms with E-state index in [9.17, 15) is 23.9 Å². The molecule has 2 aromatic heterocycles. The number of nitrogens with zero attached hydrogens (tertiary/aromatic N) is 6. The molecule has 226 valence electrons. The van der Waals surface area contributed by atoms with Crippen LogP contribution < -0.4 is 5.32 Å². The molecule has 0 spiro atoms. The number of carboxylic acids is 1. The van der Waals surface area contributed by atoms with Crippen molar-refractivity contribution in [3.05, 3.63) is 89.0 Å². The minimum Gasteiger partial charge on any atom is -0.481 e. The van der Waals surface area contributed by atoms with E-state index in [2.05, 4.69) is 25.6 Å². The van der Waals surface area contributed by atoms with Crippen molar-refractivity contribution in [1.82, 2.24) is 35.2 Å². The lowest BCUT2D eigenvalue weighted by molar-refractivity contribution is -0.150. The zero-order valence-electron chi connectivity index (χ0n) is 23.8. The van der Waals surface area contributed by atoms with Crippen LogP contribution in [0.15, 0.2) is 61.3 Å². The first-order valence-electron chi connectivity index (χ1n) is 14.2. The summed E-state index contributed by atoms with van der Waals surface area (Å²) in [6.07, 6.45) is 8.47. The van der Waals surface area contributed by atoms with Crippen molar-refractivity contribution in [1.29, 1.82) is 0 Å². The number of hydrogen-bond acceptors (Lipinski definition) is 7. The van der Waals surface area contributed by atoms with Gasteiger partial charge in [-0.1, -0.05) is 41.1 Å². The molecule has 0 radical (unpaired) electrons. The summed E-state index contributed by atoms with van der Waals surface area (Å²) in [4.78, 5) is 49.5. The molecule has 4 aromatic rings. The largest absolute Gasteiger partial charge is 0.481 e. The Morgan fingerprint density at radius 1 is 1.09 bits per heavy atom. The van der Waals surface area contributed by atoms with Crippen LogP contribution in [0.25, 0.3) is 16.8 Å². The van der Waals surface area contributed by atoms with Gasteiger partial charge in [-0.05, 0) is 67.9 Å². The number of carbonyl (C=O) groups is 3. The van der Waals surface area contributed by atoms with Crippen molar-refractivity contribution in [3.8, 4) is 16.8 Å². The Bertz CT molecular complexity index is 1740. The lowest BCUT2D eigenvalue weighted by Crippen LogP contribution is -2.50. The number of amides is 2. The normalized spacial score (nSPS) is 21.4. The molecule has 2 aromatic carbocycles. The maximum absolute atomic E-state index is 14.7. The van der Waals surface area contributed by atoms with Crippen LogP contribution in [0.2, 0.25) is 5.02 Å². The van der Waals surface area contributed by atoms with Crippen LogP contribution in [-0.4, -0.2) is 65.3 Å². The van der Waals surface area contributed by atoms with Crippen LogP contribution in [0.1, 0.15) is 60.3 Å². The molecule has 0 saturated heterocycles. The lowest BCUT2D eigenvalue weighted by Gasteiger charge is -2.39. The number of benzene rings is 2. The molecule has 1 aliphatic carbocycles. The molecule has 1 unspecified atom stereocenters. The minimum atomic E-state index is -1.00. The fourth-order valence-electron chi connectivity index (χ4n) is 6.07. The highest BCUT2D eigenvalue weighted by atomic mass is 35.5. The molecular weight excluding hydrogens is 589 g/mol. The molecule has 1 saturated carbocycles. The summed E-state index contributed by atoms with van der Waals surface area (Å²) < 4.78 is 15.8. The van der Waals surface area contributed by atoms with Gasteiger partial charge in [-0.15, -0.1) is 5.10 Å². The third-order valence-electron chi connectivity index (χ3n) is 8.64. The summed E-state index contributed by atoms with van der Waals surface area (Å²) in [7, 11) is 0. The average Bonchev–Trinajstić information content (AvgIpc) is 3.53. The molecule has 0 bridgehead atoms. The summed E-state index contributed by atoms with van der Waals surface area (Å²) in [6.45, 7) is 1.93. The predicted octanol–water partition coefficient (Wildman–Crippen LogP) is 4.41. The van der Waals surface area contributed by atoms with Crippen LogP contribution in [0.3, 0.4) is 0 Å². The maximum Gasteiger partial charge on any atom is 0.309 e. The van der Waals surface area contributed by atoms with Crippen molar-refractivity contribution >= 4 is 29.4 Å². The summed E-state index contributed by atoms with van der Waals surface area (Å²) >= 11 is 5.93. The van der Waals surface area contributed by atoms with E-state index in [0.717, 1.165) is 21.4 Å². The highest BCUT2D eigenvalue weighted by Crippen LogP contribution is 2.39. The summed E-state index contributed by atoms with van der Waals surface area (Å²) in [5, 5.41) is 20.6. The van der Waals surface area contributed by atoms with E-state index in [0.29, 0.717) is 37.7 Å². The molecule has 2 amide bonds. The van der Waals surface area contributed by atoms with Gasteiger partial charge in [-0.25, -0.2) is 19.0 Å². The van der Waals surface area contributed by atoms with Gasteiger partial charge in [0.2, 0.25) is 5.91 Å². The summed E-state index contributed by atoms with van der Waals surface area (Å²) in [6, 6.07) is 8.77. The number of carboxylic acid groups (broad SMARTS) is 1. The maximum atomic E-state index is 14.7. The van der Waals surface area contributed by atoms with E-state index in [1.807, 2.05) is 18.2 Å². The van der Waals surface area contributed by atoms with E-state index < -0.39 is 29.2 Å². The van der Waals surface area contributed by atoms with Crippen LogP contribution in [-0.2, 0) is 16.0 Å². The molecule has 3 heterocycles. The van der Waals surface area contributed by atoms with E-state index in [1.54, 1.807) is 25.4 Å². The summed E-state index contributed by atoms with van der Waals surface area (Å²) in [5.41, 5.74) is 2.35. The smallest absolute Gasteiger partial charge is 0.309 e. The van der Waals surface area contributed by atoms with Crippen molar-refractivity contribution in [2.45, 2.75) is 51.1 Å². The first kappa shape index (κ1) is 29.4. The number of aliphatic carboxylic acids is 1. The predicted molar refractivity (Wildman–Crippen MR) is 157 cm³/mol. The fraction of sp³-hybridized carbons (Fsp3) is 0.323. The number of rotatable bonds is 6. The van der Waals surface area contributed by atoms with E-state index in [1.165, 1.54) is 29.6 Å². The lowest BCUT2D eigenvalue weighted by atomic mass is 9.74. The number of aromatic nitrogens is 5. The molecule has 1 atom stereocenters. The molecular formula is C31H29ClFN7O4. The summed E-state index contributed by atoms with van der Waals surface area (Å²) in [5.74, 6) is -2.47. The zero-order valence-corrected chi connectivity index (χ0v) is 24.5. The van der Waals surface area contributed by atoms with Crippen LogP contribution in [0, 0.1) is 11.2 Å². The second kappa shape index (κ2) is 11.8. The van der Waals surface area contributed by atoms with Crippen molar-refractivity contribution in [2.24, 2.45) is 5.41 Å². The van der Waals surface area contributed by atoms with Crippen LogP contribution in [0.4, 0.5) is 4.39 Å². The van der Waals surface area contributed by atoms with Gasteiger partial charge in [0, 0.05) is 30.5 Å².